The molecule has 0 saturated heterocycles. The van der Waals surface area contributed by atoms with E-state index in [1.54, 1.807) is 4.74 Å². The van der Waals surface area contributed by atoms with Gasteiger partial charge in [0.1, 0.15) is 0 Å². The van der Waals surface area contributed by atoms with E-state index in [0.29, 0.717) is 0 Å². The summed E-state index contributed by atoms with van der Waals surface area (Å²) in [6.45, 7) is 0. The van der Waals surface area contributed by atoms with E-state index in [4.69, 9.17) is 5.11 Å². The van der Waals surface area contributed by atoms with Gasteiger partial charge in [-0.1, -0.05) is 0 Å². The SMILES string of the molecule is O=C(O)C(F)(F)C(F)(F)OC(F)(C(F)(F)F)C(F)(F)OC(F)(C(F)(F)F)C(F)(F)OC(F)=C(F)F. The molecule has 0 heterocycles. The van der Waals surface area contributed by atoms with E-state index in [1.807, 2.05) is 0 Å². The average Bonchev–Trinajstić information content (AvgIpc) is 2.57. The molecule has 35 heavy (non-hydrogen) atoms. The summed E-state index contributed by atoms with van der Waals surface area (Å²) in [5, 5.41) is 7.75. The van der Waals surface area contributed by atoms with E-state index < -0.39 is 66.4 Å². The molecule has 0 aromatic rings. The number of carboxylic acids is 1. The average molecular weight is 574 g/mol. The maximum Gasteiger partial charge on any atom is 0.471 e. The maximum atomic E-state index is 13.8. The molecule has 0 aromatic heterocycles. The lowest BCUT2D eigenvalue weighted by Crippen LogP contribution is -2.69. The van der Waals surface area contributed by atoms with Gasteiger partial charge in [0.2, 0.25) is 0 Å². The predicted molar refractivity (Wildman–Crippen MR) is 60.8 cm³/mol. The summed E-state index contributed by atoms with van der Waals surface area (Å²) >= 11 is 0. The molecule has 24 heteroatoms. The summed E-state index contributed by atoms with van der Waals surface area (Å²) in [7, 11) is 0. The van der Waals surface area contributed by atoms with Crippen LogP contribution in [0.2, 0.25) is 0 Å². The van der Waals surface area contributed by atoms with Gasteiger partial charge in [-0.3, -0.25) is 9.47 Å². The van der Waals surface area contributed by atoms with Crippen molar-refractivity contribution in [2.75, 3.05) is 0 Å². The number of rotatable bonds is 10. The third kappa shape index (κ3) is 5.72. The number of halogens is 19. The molecule has 0 aromatic carbocycles. The van der Waals surface area contributed by atoms with Crippen molar-refractivity contribution in [3.8, 4) is 0 Å². The molecule has 2 atom stereocenters. The number of aliphatic carboxylic acids is 1. The van der Waals surface area contributed by atoms with Crippen molar-refractivity contribution < 1.29 is 108 Å². The van der Waals surface area contributed by atoms with Crippen LogP contribution in [0, 0.1) is 0 Å². The Bertz CT molecular complexity index is 826. The normalized spacial score (nSPS) is 17.9. The van der Waals surface area contributed by atoms with E-state index in [-0.39, 0.29) is 0 Å². The molecule has 0 rings (SSSR count). The quantitative estimate of drug-likeness (QED) is 0.255. The molecule has 0 saturated carbocycles. The van der Waals surface area contributed by atoms with Crippen molar-refractivity contribution in [1.29, 1.82) is 0 Å². The number of alkyl halides is 16. The first kappa shape index (κ1) is 32.6. The zero-order valence-electron chi connectivity index (χ0n) is 14.8. The molecule has 208 valence electrons. The molecule has 0 bridgehead atoms. The van der Waals surface area contributed by atoms with Crippen molar-refractivity contribution in [2.24, 2.45) is 0 Å². The minimum absolute atomic E-state index is 1.27. The Labute approximate surface area is 175 Å². The molecule has 0 aliphatic rings. The lowest BCUT2D eigenvalue weighted by molar-refractivity contribution is -0.563. The van der Waals surface area contributed by atoms with Crippen LogP contribution >= 0.6 is 0 Å². The minimum Gasteiger partial charge on any atom is -0.477 e. The fraction of sp³-hybridized carbons (Fsp3) is 0.727. The third-order valence-corrected chi connectivity index (χ3v) is 3.02. The van der Waals surface area contributed by atoms with Crippen LogP contribution in [0.15, 0.2) is 12.1 Å². The number of hydrogen-bond acceptors (Lipinski definition) is 4. The molecule has 1 N–H and O–H groups in total. The van der Waals surface area contributed by atoms with Crippen LogP contribution in [-0.4, -0.2) is 59.4 Å². The van der Waals surface area contributed by atoms with E-state index in [2.05, 4.69) is 0 Å². The monoisotopic (exact) mass is 574 g/mol. The van der Waals surface area contributed by atoms with Crippen molar-refractivity contribution in [1.82, 2.24) is 0 Å². The number of carbonyl (C=O) groups is 1. The summed E-state index contributed by atoms with van der Waals surface area (Å²) in [6.07, 6.45) is -43.9. The zero-order valence-corrected chi connectivity index (χ0v) is 14.8. The lowest BCUT2D eigenvalue weighted by atomic mass is 10.2. The van der Waals surface area contributed by atoms with Gasteiger partial charge in [0.05, 0.1) is 0 Å². The Morgan fingerprint density at radius 3 is 1.14 bits per heavy atom. The first-order chi connectivity index (χ1) is 14.9. The number of ether oxygens (including phenoxy) is 3. The molecule has 0 spiro atoms. The molecule has 2 unspecified atom stereocenters. The van der Waals surface area contributed by atoms with Gasteiger partial charge in [-0.2, -0.15) is 83.4 Å². The molecule has 0 aliphatic heterocycles. The van der Waals surface area contributed by atoms with Crippen LogP contribution in [0.4, 0.5) is 83.4 Å². The Morgan fingerprint density at radius 1 is 0.543 bits per heavy atom. The van der Waals surface area contributed by atoms with Gasteiger partial charge in [0.25, 0.3) is 0 Å². The summed E-state index contributed by atoms with van der Waals surface area (Å²) in [4.78, 5) is 9.94. The number of carboxylic acid groups (broad SMARTS) is 1. The second-order valence-corrected chi connectivity index (χ2v) is 5.46. The highest BCUT2D eigenvalue weighted by Gasteiger charge is 2.86. The topological polar surface area (TPSA) is 65.0 Å². The van der Waals surface area contributed by atoms with Crippen LogP contribution in [0.25, 0.3) is 0 Å². The first-order valence-electron chi connectivity index (χ1n) is 6.99. The largest absolute Gasteiger partial charge is 0.477 e. The fourth-order valence-corrected chi connectivity index (χ4v) is 1.39. The first-order valence-corrected chi connectivity index (χ1v) is 6.99. The molecule has 0 radical (unpaired) electrons. The van der Waals surface area contributed by atoms with Gasteiger partial charge in [-0.05, 0) is 0 Å². The van der Waals surface area contributed by atoms with Crippen molar-refractivity contribution in [2.45, 2.75) is 48.3 Å². The highest BCUT2D eigenvalue weighted by molar-refractivity contribution is 5.76. The van der Waals surface area contributed by atoms with Gasteiger partial charge in [0, 0.05) is 0 Å². The second kappa shape index (κ2) is 8.92. The Hall–Kier alpha value is -2.40. The zero-order chi connectivity index (χ0) is 28.9. The van der Waals surface area contributed by atoms with Crippen LogP contribution in [0.5, 0.6) is 0 Å². The van der Waals surface area contributed by atoms with Crippen LogP contribution in [0.1, 0.15) is 0 Å². The van der Waals surface area contributed by atoms with Gasteiger partial charge in [-0.25, -0.2) is 4.79 Å². The summed E-state index contributed by atoms with van der Waals surface area (Å²) in [5.41, 5.74) is 0. The standard InChI is InChI=1S/C11HF19O5/c12-1(13)2(14)33-10(27,28)5(17,7(19,20)21)35-11(29,30)6(18,8(22,23)24)34-9(25,26)4(15,16)3(31)32/h(H,31,32). The molecule has 0 amide bonds. The van der Waals surface area contributed by atoms with Crippen LogP contribution < -0.4 is 0 Å². The lowest BCUT2D eigenvalue weighted by Gasteiger charge is -2.41. The highest BCUT2D eigenvalue weighted by atomic mass is 19.4. The van der Waals surface area contributed by atoms with Crippen LogP contribution in [-0.2, 0) is 19.0 Å². The highest BCUT2D eigenvalue weighted by Crippen LogP contribution is 2.57. The molecular formula is C11HF19O5. The number of hydrogen-bond donors (Lipinski definition) is 1. The summed E-state index contributed by atoms with van der Waals surface area (Å²) < 4.78 is 249. The van der Waals surface area contributed by atoms with Gasteiger partial charge < -0.3 is 9.84 Å². The Morgan fingerprint density at radius 2 is 0.857 bits per heavy atom. The summed E-state index contributed by atoms with van der Waals surface area (Å²) in [5.74, 6) is -27.7. The Kier molecular flexibility index (Phi) is 8.31. The minimum atomic E-state index is -8.32. The van der Waals surface area contributed by atoms with E-state index in [9.17, 15) is 88.2 Å². The van der Waals surface area contributed by atoms with Crippen molar-refractivity contribution >= 4 is 5.97 Å². The second-order valence-electron chi connectivity index (χ2n) is 5.46. The predicted octanol–water partition coefficient (Wildman–Crippen LogP) is 6.03. The molecule has 0 fully saturated rings. The molecular weight excluding hydrogens is 573 g/mol. The van der Waals surface area contributed by atoms with Crippen molar-refractivity contribution in [3.63, 3.8) is 0 Å². The Balaban J connectivity index is 6.95. The van der Waals surface area contributed by atoms with Crippen LogP contribution in [0.3, 0.4) is 0 Å². The van der Waals surface area contributed by atoms with Gasteiger partial charge in [0.15, 0.2) is 0 Å². The van der Waals surface area contributed by atoms with E-state index in [1.165, 1.54) is 9.47 Å². The third-order valence-electron chi connectivity index (χ3n) is 3.02. The van der Waals surface area contributed by atoms with E-state index in [0.717, 1.165) is 0 Å². The molecule has 0 aliphatic carbocycles. The molecule has 5 nitrogen and oxygen atoms in total. The smallest absolute Gasteiger partial charge is 0.471 e. The van der Waals surface area contributed by atoms with Gasteiger partial charge >= 0.3 is 66.4 Å². The van der Waals surface area contributed by atoms with E-state index >= 15 is 0 Å². The van der Waals surface area contributed by atoms with Gasteiger partial charge in [-0.15, -0.1) is 0 Å². The fourth-order valence-electron chi connectivity index (χ4n) is 1.39. The summed E-state index contributed by atoms with van der Waals surface area (Å²) in [6, 6.07) is -4.22. The van der Waals surface area contributed by atoms with Crippen molar-refractivity contribution in [3.05, 3.63) is 12.1 Å². The maximum absolute atomic E-state index is 13.8.